The molecule has 4 rings (SSSR count). The number of carbonyl (C=O) groups is 2. The number of ether oxygens (including phenoxy) is 5. The number of amides is 2. The number of halogens is 6. The molecule has 1 aromatic heterocycles. The van der Waals surface area contributed by atoms with E-state index in [-0.39, 0.29) is 16.9 Å². The van der Waals surface area contributed by atoms with Gasteiger partial charge in [0.1, 0.15) is 11.4 Å². The van der Waals surface area contributed by atoms with Crippen molar-refractivity contribution in [2.45, 2.75) is 19.6 Å². The summed E-state index contributed by atoms with van der Waals surface area (Å²) in [7, 11) is 0.918. The highest BCUT2D eigenvalue weighted by atomic mass is 19.4. The van der Waals surface area contributed by atoms with Gasteiger partial charge in [-0.1, -0.05) is 0 Å². The lowest BCUT2D eigenvalue weighted by Gasteiger charge is -2.18. The van der Waals surface area contributed by atoms with Crippen LogP contribution in [0.2, 0.25) is 0 Å². The molecule has 0 atom stereocenters. The highest BCUT2D eigenvalue weighted by molar-refractivity contribution is 6.08. The van der Waals surface area contributed by atoms with Gasteiger partial charge in [-0.15, -0.1) is 22.0 Å². The lowest BCUT2D eigenvalue weighted by atomic mass is 10.0. The van der Waals surface area contributed by atoms with Gasteiger partial charge in [0.15, 0.2) is 23.0 Å². The zero-order valence-corrected chi connectivity index (χ0v) is 19.6. The van der Waals surface area contributed by atoms with Crippen LogP contribution in [-0.2, 0) is 0 Å². The molecule has 3 aromatic rings. The van der Waals surface area contributed by atoms with Crippen molar-refractivity contribution in [2.24, 2.45) is 5.73 Å². The van der Waals surface area contributed by atoms with Gasteiger partial charge in [0.25, 0.3) is 11.8 Å². The molecule has 16 heteroatoms. The molecule has 206 valence electrons. The molecule has 2 amide bonds. The first-order valence-corrected chi connectivity index (χ1v) is 10.5. The molecule has 0 saturated heterocycles. The van der Waals surface area contributed by atoms with Crippen molar-refractivity contribution in [1.82, 2.24) is 4.98 Å². The molecule has 3 N–H and O–H groups in total. The normalized spacial score (nSPS) is 13.5. The van der Waals surface area contributed by atoms with Crippen molar-refractivity contribution in [3.05, 3.63) is 59.2 Å². The lowest BCUT2D eigenvalue weighted by molar-refractivity contribution is -0.287. The number of nitrogens with one attached hydrogen (secondary N) is 1. The minimum absolute atomic E-state index is 0.0226. The molecule has 39 heavy (non-hydrogen) atoms. The Morgan fingerprint density at radius 2 is 1.77 bits per heavy atom. The number of aromatic nitrogens is 1. The van der Waals surface area contributed by atoms with Crippen molar-refractivity contribution >= 4 is 17.5 Å². The fourth-order valence-corrected chi connectivity index (χ4v) is 3.52. The molecule has 0 fully saturated rings. The molecular weight excluding hydrogens is 544 g/mol. The molecule has 0 unspecified atom stereocenters. The maximum atomic E-state index is 14.7. The van der Waals surface area contributed by atoms with E-state index in [1.165, 1.54) is 19.2 Å². The number of nitrogens with two attached hydrogens (primary N) is 1. The standard InChI is InChI=1S/C23H15F6N3O7/c1-9-16(21(34)32-10-5-6-31-11(7-10)20(30)33)14(8-15-18(9)39-23(28,29)38-15)36-13-4-3-12(37-22(25,26)27)17(24)19(13)35-2/h3-8H,1-2H3,(H2,30,33)(H,31,32,34). The summed E-state index contributed by atoms with van der Waals surface area (Å²) < 4.78 is 103. The topological polar surface area (TPSA) is 131 Å². The third kappa shape index (κ3) is 5.68. The second-order valence-electron chi connectivity index (χ2n) is 7.68. The lowest BCUT2D eigenvalue weighted by Crippen LogP contribution is -2.26. The van der Waals surface area contributed by atoms with E-state index in [1.54, 1.807) is 0 Å². The average Bonchev–Trinajstić information content (AvgIpc) is 3.15. The van der Waals surface area contributed by atoms with Crippen LogP contribution in [0.15, 0.2) is 36.5 Å². The van der Waals surface area contributed by atoms with Gasteiger partial charge in [-0.05, 0) is 31.2 Å². The largest absolute Gasteiger partial charge is 0.586 e. The third-order valence-electron chi connectivity index (χ3n) is 5.07. The first-order chi connectivity index (χ1) is 18.2. The van der Waals surface area contributed by atoms with Gasteiger partial charge in [0.2, 0.25) is 11.6 Å². The van der Waals surface area contributed by atoms with Crippen LogP contribution in [0.4, 0.5) is 32.0 Å². The van der Waals surface area contributed by atoms with Crippen molar-refractivity contribution in [3.63, 3.8) is 0 Å². The molecule has 0 bridgehead atoms. The number of alkyl halides is 5. The van der Waals surface area contributed by atoms with Crippen LogP contribution >= 0.6 is 0 Å². The maximum Gasteiger partial charge on any atom is 0.586 e. The van der Waals surface area contributed by atoms with Gasteiger partial charge < -0.3 is 34.7 Å². The quantitative estimate of drug-likeness (QED) is 0.391. The minimum Gasteiger partial charge on any atom is -0.490 e. The van der Waals surface area contributed by atoms with Crippen LogP contribution in [0.5, 0.6) is 34.5 Å². The van der Waals surface area contributed by atoms with E-state index >= 15 is 0 Å². The Morgan fingerprint density at radius 1 is 1.08 bits per heavy atom. The predicted molar refractivity (Wildman–Crippen MR) is 118 cm³/mol. The average molecular weight is 559 g/mol. The molecule has 0 spiro atoms. The van der Waals surface area contributed by atoms with Crippen LogP contribution in [0.25, 0.3) is 0 Å². The SMILES string of the molecule is COc1c(Oc2cc3c(c(C)c2C(=O)Nc2ccnc(C(N)=O)c2)OC(F)(F)O3)ccc(OC(F)(F)F)c1F. The zero-order valence-electron chi connectivity index (χ0n) is 19.6. The summed E-state index contributed by atoms with van der Waals surface area (Å²) in [6.45, 7) is 1.21. The number of hydrogen-bond acceptors (Lipinski definition) is 8. The van der Waals surface area contributed by atoms with Crippen LogP contribution in [0.1, 0.15) is 26.4 Å². The number of nitrogens with zero attached hydrogens (tertiary/aromatic N) is 1. The summed E-state index contributed by atoms with van der Waals surface area (Å²) in [4.78, 5) is 28.4. The minimum atomic E-state index is -5.22. The summed E-state index contributed by atoms with van der Waals surface area (Å²) >= 11 is 0. The number of methoxy groups -OCH3 is 1. The summed E-state index contributed by atoms with van der Waals surface area (Å²) in [5, 5.41) is 2.41. The second kappa shape index (κ2) is 9.77. The van der Waals surface area contributed by atoms with Crippen LogP contribution in [0, 0.1) is 12.7 Å². The molecule has 2 heterocycles. The Bertz CT molecular complexity index is 1480. The second-order valence-corrected chi connectivity index (χ2v) is 7.68. The number of fused-ring (bicyclic) bond motifs is 1. The summed E-state index contributed by atoms with van der Waals surface area (Å²) in [5.74, 6) is -7.71. The van der Waals surface area contributed by atoms with E-state index in [1.807, 2.05) is 0 Å². The van der Waals surface area contributed by atoms with Crippen molar-refractivity contribution in [2.75, 3.05) is 12.4 Å². The molecular formula is C23H15F6N3O7. The maximum absolute atomic E-state index is 14.7. The Balaban J connectivity index is 1.79. The van der Waals surface area contributed by atoms with Gasteiger partial charge >= 0.3 is 12.7 Å². The smallest absolute Gasteiger partial charge is 0.490 e. The van der Waals surface area contributed by atoms with E-state index in [9.17, 15) is 35.9 Å². The zero-order chi connectivity index (χ0) is 28.7. The van der Waals surface area contributed by atoms with Crippen LogP contribution < -0.4 is 34.7 Å². The van der Waals surface area contributed by atoms with Crippen molar-refractivity contribution < 1.29 is 59.6 Å². The molecule has 1 aliphatic heterocycles. The molecule has 0 saturated carbocycles. The summed E-state index contributed by atoms with van der Waals surface area (Å²) in [6.07, 6.45) is -8.15. The predicted octanol–water partition coefficient (Wildman–Crippen LogP) is 4.90. The van der Waals surface area contributed by atoms with Crippen LogP contribution in [0.3, 0.4) is 0 Å². The van der Waals surface area contributed by atoms with Crippen molar-refractivity contribution in [3.8, 4) is 34.5 Å². The monoisotopic (exact) mass is 559 g/mol. The summed E-state index contributed by atoms with van der Waals surface area (Å²) in [5.41, 5.74) is 4.37. The highest BCUT2D eigenvalue weighted by Gasteiger charge is 2.46. The van der Waals surface area contributed by atoms with Crippen molar-refractivity contribution in [1.29, 1.82) is 0 Å². The van der Waals surface area contributed by atoms with Gasteiger partial charge in [0.05, 0.1) is 12.7 Å². The Kier molecular flexibility index (Phi) is 6.80. The Hall–Kier alpha value is -4.89. The number of primary amides is 1. The fourth-order valence-electron chi connectivity index (χ4n) is 3.52. The fraction of sp³-hybridized carbons (Fsp3) is 0.174. The first-order valence-electron chi connectivity index (χ1n) is 10.5. The number of carbonyl (C=O) groups excluding carboxylic acids is 2. The number of rotatable bonds is 7. The van der Waals surface area contributed by atoms with Gasteiger partial charge in [-0.3, -0.25) is 14.6 Å². The summed E-state index contributed by atoms with van der Waals surface area (Å²) in [6, 6.07) is 4.67. The number of pyridine rings is 1. The number of anilines is 1. The van der Waals surface area contributed by atoms with E-state index in [4.69, 9.17) is 15.2 Å². The molecule has 0 radical (unpaired) electrons. The Labute approximate surface area is 214 Å². The third-order valence-corrected chi connectivity index (χ3v) is 5.07. The molecule has 2 aromatic carbocycles. The van der Waals surface area contributed by atoms with Gasteiger partial charge in [-0.2, -0.15) is 4.39 Å². The van der Waals surface area contributed by atoms with E-state index < -0.39 is 70.3 Å². The van der Waals surface area contributed by atoms with Gasteiger partial charge in [-0.25, -0.2) is 0 Å². The van der Waals surface area contributed by atoms with E-state index in [2.05, 4.69) is 24.5 Å². The molecule has 1 aliphatic rings. The van der Waals surface area contributed by atoms with E-state index in [0.717, 1.165) is 25.3 Å². The van der Waals surface area contributed by atoms with Gasteiger partial charge in [0, 0.05) is 23.5 Å². The number of benzene rings is 2. The van der Waals surface area contributed by atoms with E-state index in [0.29, 0.717) is 6.07 Å². The Morgan fingerprint density at radius 3 is 2.41 bits per heavy atom. The highest BCUT2D eigenvalue weighted by Crippen LogP contribution is 2.49. The number of hydrogen-bond donors (Lipinski definition) is 2. The van der Waals surface area contributed by atoms with Crippen LogP contribution in [-0.4, -0.2) is 36.6 Å². The molecule has 10 nitrogen and oxygen atoms in total. The first kappa shape index (κ1) is 27.2. The molecule has 0 aliphatic carbocycles.